The van der Waals surface area contributed by atoms with Crippen molar-refractivity contribution in [1.29, 1.82) is 0 Å². The zero-order valence-corrected chi connectivity index (χ0v) is 6.72. The second kappa shape index (κ2) is 1.63. The fourth-order valence-corrected chi connectivity index (χ4v) is 3.38. The van der Waals surface area contributed by atoms with Gasteiger partial charge in [-0.1, -0.05) is 0 Å². The maximum atomic E-state index is 3.16. The van der Waals surface area contributed by atoms with E-state index in [1.165, 1.54) is 4.43 Å². The fraction of sp³-hybridized carbons (Fsp3) is 0.333. The van der Waals surface area contributed by atoms with Gasteiger partial charge in [0.05, 0.1) is 0 Å². The van der Waals surface area contributed by atoms with E-state index >= 15 is 0 Å². The molecule has 0 saturated carbocycles. The molecule has 0 saturated heterocycles. The molecule has 0 radical (unpaired) electrons. The number of allylic oxidation sites excluding steroid dienone is 1. The van der Waals surface area contributed by atoms with E-state index in [0.29, 0.717) is 0 Å². The van der Waals surface area contributed by atoms with Gasteiger partial charge in [-0.25, -0.2) is 0 Å². The molecule has 0 spiro atoms. The molecule has 0 aromatic rings. The van der Waals surface area contributed by atoms with Crippen molar-refractivity contribution in [1.82, 2.24) is 0 Å². The third-order valence-corrected chi connectivity index (χ3v) is 6.89. The van der Waals surface area contributed by atoms with Crippen LogP contribution in [0.25, 0.3) is 0 Å². The van der Waals surface area contributed by atoms with E-state index < -0.39 is 17.0 Å². The van der Waals surface area contributed by atoms with Crippen molar-refractivity contribution in [3.63, 3.8) is 0 Å². The molecular weight excluding hydrogens is 242 g/mol. The summed E-state index contributed by atoms with van der Waals surface area (Å²) in [5.74, 6) is 0. The second-order valence-corrected chi connectivity index (χ2v) is 10.8. The molecule has 1 atom stereocenters. The molecule has 2 heteroatoms. The molecule has 0 aliphatic carbocycles. The topological polar surface area (TPSA) is 0 Å². The van der Waals surface area contributed by atoms with Crippen LogP contribution in [0.15, 0.2) is 10.2 Å². The standard InChI is InChI=1S/C3H5ISe/c5-4-2-1-3-4/h1-2,4H,3H2. The molecule has 0 N–H and O–H groups in total. The van der Waals surface area contributed by atoms with Gasteiger partial charge in [-0.3, -0.25) is 0 Å². The monoisotopic (exact) mass is 248 g/mol. The van der Waals surface area contributed by atoms with Crippen molar-refractivity contribution in [2.24, 2.45) is 0 Å². The van der Waals surface area contributed by atoms with Gasteiger partial charge in [-0.15, -0.1) is 0 Å². The first kappa shape index (κ1) is 4.16. The Hall–Kier alpha value is 0.989. The summed E-state index contributed by atoms with van der Waals surface area (Å²) in [6.45, 7) is 0. The van der Waals surface area contributed by atoms with Gasteiger partial charge in [0.25, 0.3) is 0 Å². The van der Waals surface area contributed by atoms with E-state index in [-0.39, 0.29) is 0 Å². The van der Waals surface area contributed by atoms with Gasteiger partial charge in [-0.05, 0) is 0 Å². The SMILES string of the molecule is [Se]=[IH]1C=CC1. The van der Waals surface area contributed by atoms with Gasteiger partial charge in [-0.2, -0.15) is 0 Å². The molecule has 0 amide bonds. The van der Waals surface area contributed by atoms with Gasteiger partial charge in [0.2, 0.25) is 0 Å². The Balaban J connectivity index is 2.71. The summed E-state index contributed by atoms with van der Waals surface area (Å²) in [6, 6.07) is 0. The van der Waals surface area contributed by atoms with E-state index in [9.17, 15) is 0 Å². The Morgan fingerprint density at radius 1 is 1.80 bits per heavy atom. The summed E-state index contributed by atoms with van der Waals surface area (Å²) in [4.78, 5) is 0. The van der Waals surface area contributed by atoms with Crippen molar-refractivity contribution in [3.05, 3.63) is 10.2 Å². The van der Waals surface area contributed by atoms with Gasteiger partial charge in [0, 0.05) is 0 Å². The summed E-state index contributed by atoms with van der Waals surface area (Å²) < 4.78 is 3.76. The molecular formula is C3H5ISe. The van der Waals surface area contributed by atoms with Gasteiger partial charge < -0.3 is 0 Å². The van der Waals surface area contributed by atoms with Crippen LogP contribution in [0.4, 0.5) is 0 Å². The van der Waals surface area contributed by atoms with Crippen LogP contribution in [-0.4, -0.2) is 16.6 Å². The summed E-state index contributed by atoms with van der Waals surface area (Å²) in [6.07, 6.45) is 2.24. The summed E-state index contributed by atoms with van der Waals surface area (Å²) in [7, 11) is 0. The van der Waals surface area contributed by atoms with Gasteiger partial charge in [0.15, 0.2) is 0 Å². The maximum absolute atomic E-state index is 3.16. The van der Waals surface area contributed by atoms with Crippen LogP contribution in [0.3, 0.4) is 0 Å². The predicted octanol–water partition coefficient (Wildman–Crippen LogP) is 0.836. The van der Waals surface area contributed by atoms with Crippen LogP contribution >= 0.6 is 17.0 Å². The average Bonchev–Trinajstić information content (AvgIpc) is 1.30. The van der Waals surface area contributed by atoms with Gasteiger partial charge in [0.1, 0.15) is 0 Å². The molecule has 0 aromatic carbocycles. The van der Waals surface area contributed by atoms with Crippen molar-refractivity contribution in [2.75, 3.05) is 4.43 Å². The molecule has 1 aliphatic heterocycles. The zero-order chi connectivity index (χ0) is 3.70. The van der Waals surface area contributed by atoms with E-state index in [1.54, 1.807) is 0 Å². The summed E-state index contributed by atoms with van der Waals surface area (Å²) in [5, 5.41) is 0. The molecule has 0 bridgehead atoms. The molecule has 0 nitrogen and oxygen atoms in total. The zero-order valence-electron chi connectivity index (χ0n) is 2.68. The first-order valence-corrected chi connectivity index (χ1v) is 10.1. The van der Waals surface area contributed by atoms with E-state index in [4.69, 9.17) is 0 Å². The van der Waals surface area contributed by atoms with Crippen LogP contribution in [0.5, 0.6) is 0 Å². The Morgan fingerprint density at radius 3 is 2.20 bits per heavy atom. The molecule has 5 heavy (non-hydrogen) atoms. The van der Waals surface area contributed by atoms with Gasteiger partial charge >= 0.3 is 43.8 Å². The number of hydrogen-bond acceptors (Lipinski definition) is 0. The number of halogens is 1. The second-order valence-electron chi connectivity index (χ2n) is 0.919. The minimum absolute atomic E-state index is 0.506. The van der Waals surface area contributed by atoms with Crippen molar-refractivity contribution < 1.29 is 0 Å². The number of hydrogen-bond donors (Lipinski definition) is 0. The van der Waals surface area contributed by atoms with Crippen LogP contribution < -0.4 is 0 Å². The third kappa shape index (κ3) is 0.913. The molecule has 0 fully saturated rings. The van der Waals surface area contributed by atoms with Crippen LogP contribution in [0, 0.1) is 0 Å². The molecule has 1 unspecified atom stereocenters. The average molecular weight is 247 g/mol. The predicted molar refractivity (Wildman–Crippen MR) is 35.2 cm³/mol. The summed E-state index contributed by atoms with van der Waals surface area (Å²) >= 11 is 2.65. The van der Waals surface area contributed by atoms with Crippen LogP contribution in [0.1, 0.15) is 0 Å². The Labute approximate surface area is 43.7 Å². The number of alkyl halides is 1. The fourth-order valence-electron chi connectivity index (χ4n) is 0.175. The molecule has 1 aliphatic rings. The Bertz CT molecular complexity index is 84.9. The number of rotatable bonds is 0. The Kier molecular flexibility index (Phi) is 1.35. The van der Waals surface area contributed by atoms with Crippen molar-refractivity contribution >= 4 is 29.2 Å². The van der Waals surface area contributed by atoms with Crippen molar-refractivity contribution in [3.8, 4) is 0 Å². The summed E-state index contributed by atoms with van der Waals surface area (Å²) in [5.41, 5.74) is 0. The molecule has 1 rings (SSSR count). The normalized spacial score (nSPS) is 40.4. The van der Waals surface area contributed by atoms with E-state index in [0.717, 1.165) is 0 Å². The van der Waals surface area contributed by atoms with E-state index in [2.05, 4.69) is 22.4 Å². The molecule has 30 valence electrons. The first-order chi connectivity index (χ1) is 2.39. The van der Waals surface area contributed by atoms with Crippen LogP contribution in [0.2, 0.25) is 0 Å². The minimum atomic E-state index is -0.506. The Morgan fingerprint density at radius 2 is 2.20 bits per heavy atom. The van der Waals surface area contributed by atoms with E-state index in [1.807, 2.05) is 0 Å². The first-order valence-electron chi connectivity index (χ1n) is 1.43. The quantitative estimate of drug-likeness (QED) is 0.338. The molecule has 1 heterocycles. The third-order valence-electron chi connectivity index (χ3n) is 0.508. The van der Waals surface area contributed by atoms with Crippen LogP contribution in [-0.2, 0) is 0 Å². The van der Waals surface area contributed by atoms with Crippen molar-refractivity contribution in [2.45, 2.75) is 0 Å². The molecule has 0 aromatic heterocycles.